The average Bonchev–Trinajstić information content (AvgIpc) is 2.83. The Hall–Kier alpha value is -1.28. The highest BCUT2D eigenvalue weighted by Crippen LogP contribution is 2.48. The van der Waals surface area contributed by atoms with Crippen LogP contribution in [0.1, 0.15) is 30.4 Å². The summed E-state index contributed by atoms with van der Waals surface area (Å²) in [6, 6.07) is 6.65. The van der Waals surface area contributed by atoms with Crippen LogP contribution in [0.2, 0.25) is 0 Å². The second-order valence-corrected chi connectivity index (χ2v) is 7.06. The van der Waals surface area contributed by atoms with Gasteiger partial charge < -0.3 is 9.64 Å². The Labute approximate surface area is 128 Å². The molecule has 21 heavy (non-hydrogen) atoms. The normalized spacial score (nSPS) is 27.9. The van der Waals surface area contributed by atoms with E-state index >= 15 is 0 Å². The van der Waals surface area contributed by atoms with Gasteiger partial charge in [0.2, 0.25) is 0 Å². The Morgan fingerprint density at radius 1 is 1.19 bits per heavy atom. The molecule has 2 heteroatoms. The summed E-state index contributed by atoms with van der Waals surface area (Å²) in [4.78, 5) is 2.34. The van der Waals surface area contributed by atoms with Crippen LogP contribution >= 0.6 is 0 Å². The molecule has 0 N–H and O–H groups in total. The number of hydrogen-bond acceptors (Lipinski definition) is 2. The lowest BCUT2D eigenvalue weighted by molar-refractivity contribution is 0.289. The van der Waals surface area contributed by atoms with E-state index in [-0.39, 0.29) is 0 Å². The molecule has 1 aromatic rings. The van der Waals surface area contributed by atoms with E-state index in [1.165, 1.54) is 30.4 Å². The van der Waals surface area contributed by atoms with Crippen LogP contribution in [0.5, 0.6) is 5.75 Å². The van der Waals surface area contributed by atoms with Crippen molar-refractivity contribution in [2.75, 3.05) is 27.7 Å². The first-order valence-electron chi connectivity index (χ1n) is 8.09. The predicted molar refractivity (Wildman–Crippen MR) is 88.6 cm³/mol. The monoisotopic (exact) mass is 285 g/mol. The van der Waals surface area contributed by atoms with E-state index in [0.29, 0.717) is 5.92 Å². The van der Waals surface area contributed by atoms with Crippen molar-refractivity contribution < 1.29 is 4.74 Å². The second kappa shape index (κ2) is 5.84. The van der Waals surface area contributed by atoms with Crippen molar-refractivity contribution in [1.82, 2.24) is 4.90 Å². The SMILES string of the molecule is COc1cc(C)cc(C2=CC3CCC(C3)C2CN(C)C)c1. The third-order valence-corrected chi connectivity index (χ3v) is 5.08. The minimum absolute atomic E-state index is 0.672. The third kappa shape index (κ3) is 3.01. The van der Waals surface area contributed by atoms with Crippen molar-refractivity contribution in [3.63, 3.8) is 0 Å². The first-order valence-corrected chi connectivity index (χ1v) is 8.09. The Balaban J connectivity index is 1.99. The van der Waals surface area contributed by atoms with Gasteiger partial charge in [0.05, 0.1) is 7.11 Å². The molecular weight excluding hydrogens is 258 g/mol. The van der Waals surface area contributed by atoms with Gasteiger partial charge in [0.15, 0.2) is 0 Å². The number of fused-ring (bicyclic) bond motifs is 2. The number of benzene rings is 1. The van der Waals surface area contributed by atoms with Crippen molar-refractivity contribution in [3.8, 4) is 5.75 Å². The van der Waals surface area contributed by atoms with Crippen LogP contribution in [0.15, 0.2) is 24.3 Å². The molecule has 0 amide bonds. The van der Waals surface area contributed by atoms with Crippen LogP contribution < -0.4 is 4.74 Å². The molecule has 2 aliphatic rings. The fourth-order valence-electron chi connectivity index (χ4n) is 4.18. The maximum Gasteiger partial charge on any atom is 0.119 e. The summed E-state index contributed by atoms with van der Waals surface area (Å²) in [6.45, 7) is 3.31. The number of allylic oxidation sites excluding steroid dienone is 1. The van der Waals surface area contributed by atoms with Gasteiger partial charge in [0.25, 0.3) is 0 Å². The van der Waals surface area contributed by atoms with Crippen LogP contribution in [0.4, 0.5) is 0 Å². The van der Waals surface area contributed by atoms with Crippen molar-refractivity contribution in [1.29, 1.82) is 0 Å². The lowest BCUT2D eigenvalue weighted by Crippen LogP contribution is -2.29. The van der Waals surface area contributed by atoms with Crippen molar-refractivity contribution in [3.05, 3.63) is 35.4 Å². The Morgan fingerprint density at radius 3 is 2.71 bits per heavy atom. The van der Waals surface area contributed by atoms with Crippen molar-refractivity contribution in [2.24, 2.45) is 17.8 Å². The zero-order chi connectivity index (χ0) is 15.0. The Bertz CT molecular complexity index is 546. The summed E-state index contributed by atoms with van der Waals surface area (Å²) >= 11 is 0. The van der Waals surface area contributed by atoms with Crippen LogP contribution in [0.3, 0.4) is 0 Å². The Kier molecular flexibility index (Phi) is 4.08. The summed E-state index contributed by atoms with van der Waals surface area (Å²) < 4.78 is 5.47. The Morgan fingerprint density at radius 2 is 2.00 bits per heavy atom. The summed E-state index contributed by atoms with van der Waals surface area (Å²) in [5.41, 5.74) is 4.21. The number of ether oxygens (including phenoxy) is 1. The van der Waals surface area contributed by atoms with Gasteiger partial charge in [-0.15, -0.1) is 0 Å². The lowest BCUT2D eigenvalue weighted by atomic mass is 9.76. The molecule has 114 valence electrons. The second-order valence-electron chi connectivity index (χ2n) is 7.06. The van der Waals surface area contributed by atoms with E-state index in [1.54, 1.807) is 12.7 Å². The summed E-state index contributed by atoms with van der Waals surface area (Å²) in [5.74, 6) is 3.32. The molecule has 2 nitrogen and oxygen atoms in total. The van der Waals surface area contributed by atoms with Crippen molar-refractivity contribution >= 4 is 5.57 Å². The molecule has 3 unspecified atom stereocenters. The standard InChI is InChI=1S/C19H27NO/c1-13-7-16(11-17(8-13)21-4)18-10-14-5-6-15(9-14)19(18)12-20(2)3/h7-8,10-11,14-15,19H,5-6,9,12H2,1-4H3. The largest absolute Gasteiger partial charge is 0.497 e. The predicted octanol–water partition coefficient (Wildman–Crippen LogP) is 3.99. The van der Waals surface area contributed by atoms with E-state index in [4.69, 9.17) is 4.74 Å². The minimum Gasteiger partial charge on any atom is -0.497 e. The van der Waals surface area contributed by atoms with Gasteiger partial charge in [0.1, 0.15) is 5.75 Å². The summed E-state index contributed by atoms with van der Waals surface area (Å²) in [5, 5.41) is 0. The van der Waals surface area contributed by atoms with Crippen LogP contribution in [0, 0.1) is 24.7 Å². The van der Waals surface area contributed by atoms with E-state index in [0.717, 1.165) is 24.1 Å². The number of aryl methyl sites for hydroxylation is 1. The zero-order valence-electron chi connectivity index (χ0n) is 13.7. The van der Waals surface area contributed by atoms with Gasteiger partial charge in [-0.05, 0) is 86.9 Å². The quantitative estimate of drug-likeness (QED) is 0.829. The molecule has 0 saturated heterocycles. The molecule has 3 rings (SSSR count). The number of hydrogen-bond donors (Lipinski definition) is 0. The lowest BCUT2D eigenvalue weighted by Gasteiger charge is -2.33. The molecule has 0 radical (unpaired) electrons. The van der Waals surface area contributed by atoms with Gasteiger partial charge >= 0.3 is 0 Å². The molecule has 0 aliphatic heterocycles. The highest BCUT2D eigenvalue weighted by atomic mass is 16.5. The molecular formula is C19H27NO. The van der Waals surface area contributed by atoms with E-state index in [1.807, 2.05) is 0 Å². The molecule has 1 aromatic carbocycles. The van der Waals surface area contributed by atoms with Gasteiger partial charge in [-0.2, -0.15) is 0 Å². The molecule has 1 fully saturated rings. The summed E-state index contributed by atoms with van der Waals surface area (Å²) in [6.07, 6.45) is 6.73. The van der Waals surface area contributed by atoms with Gasteiger partial charge in [-0.3, -0.25) is 0 Å². The molecule has 0 aromatic heterocycles. The van der Waals surface area contributed by atoms with E-state index in [2.05, 4.69) is 50.2 Å². The van der Waals surface area contributed by atoms with Gasteiger partial charge in [-0.25, -0.2) is 0 Å². The number of rotatable bonds is 4. The molecule has 0 heterocycles. The molecule has 0 spiro atoms. The zero-order valence-corrected chi connectivity index (χ0v) is 13.7. The van der Waals surface area contributed by atoms with E-state index in [9.17, 15) is 0 Å². The fourth-order valence-corrected chi connectivity index (χ4v) is 4.18. The van der Waals surface area contributed by atoms with Gasteiger partial charge in [0, 0.05) is 6.54 Å². The number of methoxy groups -OCH3 is 1. The topological polar surface area (TPSA) is 12.5 Å². The summed E-state index contributed by atoms with van der Waals surface area (Å²) in [7, 11) is 6.14. The molecule has 2 bridgehead atoms. The highest BCUT2D eigenvalue weighted by Gasteiger charge is 2.37. The van der Waals surface area contributed by atoms with Crippen LogP contribution in [-0.4, -0.2) is 32.6 Å². The van der Waals surface area contributed by atoms with Gasteiger partial charge in [-0.1, -0.05) is 12.1 Å². The van der Waals surface area contributed by atoms with Crippen LogP contribution in [-0.2, 0) is 0 Å². The van der Waals surface area contributed by atoms with E-state index < -0.39 is 0 Å². The fraction of sp³-hybridized carbons (Fsp3) is 0.579. The maximum absolute atomic E-state index is 5.47. The smallest absolute Gasteiger partial charge is 0.119 e. The molecule has 1 saturated carbocycles. The minimum atomic E-state index is 0.672. The molecule has 3 atom stereocenters. The highest BCUT2D eigenvalue weighted by molar-refractivity contribution is 5.71. The third-order valence-electron chi connectivity index (χ3n) is 5.08. The first kappa shape index (κ1) is 14.6. The first-order chi connectivity index (χ1) is 10.1. The number of nitrogens with zero attached hydrogens (tertiary/aromatic N) is 1. The average molecular weight is 285 g/mol. The molecule has 2 aliphatic carbocycles. The van der Waals surface area contributed by atoms with Crippen molar-refractivity contribution in [2.45, 2.75) is 26.2 Å². The van der Waals surface area contributed by atoms with Crippen LogP contribution in [0.25, 0.3) is 5.57 Å². The maximum atomic E-state index is 5.47.